The Labute approximate surface area is 70.4 Å². The maximum atomic E-state index is 2.61. The van der Waals surface area contributed by atoms with Crippen molar-refractivity contribution in [2.75, 3.05) is 0 Å². The van der Waals surface area contributed by atoms with E-state index in [-0.39, 0.29) is 0 Å². The second-order valence-corrected chi connectivity index (χ2v) is 4.23. The number of rotatable bonds is 0. The monoisotopic (exact) mass is 151 g/mol. The predicted molar refractivity (Wildman–Crippen MR) is 48.2 cm³/mol. The van der Waals surface area contributed by atoms with E-state index in [1.54, 1.807) is 0 Å². The smallest absolute Gasteiger partial charge is 0.0531 e. The number of fused-ring (bicyclic) bond motifs is 1. The van der Waals surface area contributed by atoms with E-state index in [1.165, 1.54) is 51.4 Å². The maximum Gasteiger partial charge on any atom is 0.101 e. The highest BCUT2D eigenvalue weighted by Crippen LogP contribution is 2.38. The Morgan fingerprint density at radius 1 is 0.818 bits per heavy atom. The van der Waals surface area contributed by atoms with Gasteiger partial charge in [0.1, 0.15) is 5.92 Å². The average molecular weight is 151 g/mol. The van der Waals surface area contributed by atoms with Gasteiger partial charge in [0.2, 0.25) is 0 Å². The molecule has 0 bridgehead atoms. The molecule has 0 heterocycles. The average Bonchev–Trinajstić information content (AvgIpc) is 2.28. The zero-order chi connectivity index (χ0) is 7.52. The second kappa shape index (κ2) is 3.51. The van der Waals surface area contributed by atoms with Gasteiger partial charge in [0.25, 0.3) is 0 Å². The number of hydrogen-bond donors (Lipinski definition) is 0. The molecule has 0 aromatic heterocycles. The molecule has 0 N–H and O–H groups in total. The molecule has 2 aliphatic rings. The minimum Gasteiger partial charge on any atom is -0.0531 e. The quantitative estimate of drug-likeness (QED) is 0.464. The SMILES string of the molecule is [CH+]1CCCC2CCCCCC12. The lowest BCUT2D eigenvalue weighted by molar-refractivity contribution is 0.282. The van der Waals surface area contributed by atoms with Crippen LogP contribution in [0.4, 0.5) is 0 Å². The lowest BCUT2D eigenvalue weighted by Gasteiger charge is -2.22. The Kier molecular flexibility index (Phi) is 2.40. The summed E-state index contributed by atoms with van der Waals surface area (Å²) in [6.45, 7) is 0. The normalized spacial score (nSPS) is 38.5. The molecule has 2 fully saturated rings. The molecule has 0 spiro atoms. The fraction of sp³-hybridized carbons (Fsp3) is 0.909. The molecular weight excluding hydrogens is 132 g/mol. The van der Waals surface area contributed by atoms with Crippen molar-refractivity contribution >= 4 is 0 Å². The molecule has 2 unspecified atom stereocenters. The molecule has 0 radical (unpaired) electrons. The summed E-state index contributed by atoms with van der Waals surface area (Å²) in [7, 11) is 0. The molecule has 11 heavy (non-hydrogen) atoms. The molecule has 2 aliphatic carbocycles. The van der Waals surface area contributed by atoms with E-state index >= 15 is 0 Å². The van der Waals surface area contributed by atoms with Crippen molar-refractivity contribution in [3.05, 3.63) is 6.42 Å². The Balaban J connectivity index is 1.93. The highest BCUT2D eigenvalue weighted by atomic mass is 14.3. The summed E-state index contributed by atoms with van der Waals surface area (Å²) in [5, 5.41) is 0. The van der Waals surface area contributed by atoms with Crippen molar-refractivity contribution in [2.45, 2.75) is 51.4 Å². The molecule has 2 rings (SSSR count). The first kappa shape index (κ1) is 7.52. The third-order valence-corrected chi connectivity index (χ3v) is 3.47. The zero-order valence-electron chi connectivity index (χ0n) is 7.39. The maximum absolute atomic E-state index is 2.61. The van der Waals surface area contributed by atoms with Crippen LogP contribution in [0.5, 0.6) is 0 Å². The third kappa shape index (κ3) is 1.72. The third-order valence-electron chi connectivity index (χ3n) is 3.47. The van der Waals surface area contributed by atoms with E-state index in [4.69, 9.17) is 0 Å². The Morgan fingerprint density at radius 2 is 1.64 bits per heavy atom. The van der Waals surface area contributed by atoms with Crippen LogP contribution in [-0.2, 0) is 0 Å². The van der Waals surface area contributed by atoms with Gasteiger partial charge in [0, 0.05) is 5.92 Å². The molecule has 62 valence electrons. The van der Waals surface area contributed by atoms with Gasteiger partial charge in [-0.1, -0.05) is 12.8 Å². The van der Waals surface area contributed by atoms with Gasteiger partial charge in [-0.05, 0) is 32.1 Å². The summed E-state index contributed by atoms with van der Waals surface area (Å²) in [5.74, 6) is 2.11. The van der Waals surface area contributed by atoms with Gasteiger partial charge in [-0.25, -0.2) is 0 Å². The van der Waals surface area contributed by atoms with E-state index < -0.39 is 0 Å². The van der Waals surface area contributed by atoms with Crippen LogP contribution in [-0.4, -0.2) is 0 Å². The van der Waals surface area contributed by atoms with Crippen molar-refractivity contribution in [1.29, 1.82) is 0 Å². The van der Waals surface area contributed by atoms with Crippen LogP contribution >= 0.6 is 0 Å². The molecular formula is C11H19+. The van der Waals surface area contributed by atoms with Gasteiger partial charge in [-0.2, -0.15) is 0 Å². The van der Waals surface area contributed by atoms with Crippen LogP contribution in [0.2, 0.25) is 0 Å². The largest absolute Gasteiger partial charge is 0.101 e. The first-order valence-electron chi connectivity index (χ1n) is 5.30. The summed E-state index contributed by atoms with van der Waals surface area (Å²) in [5.41, 5.74) is 0. The molecule has 0 aromatic rings. The topological polar surface area (TPSA) is 0 Å². The minimum absolute atomic E-state index is 1.02. The Hall–Kier alpha value is -0.130. The van der Waals surface area contributed by atoms with E-state index in [2.05, 4.69) is 6.42 Å². The van der Waals surface area contributed by atoms with Crippen molar-refractivity contribution in [3.63, 3.8) is 0 Å². The molecule has 2 saturated carbocycles. The fourth-order valence-electron chi connectivity index (χ4n) is 2.79. The standard InChI is InChI=1S/C11H19/c1-2-6-10-8-4-5-9-11(10)7-3-1/h8,10-11H,1-7,9H2/q+1. The van der Waals surface area contributed by atoms with Crippen LogP contribution in [0, 0.1) is 18.3 Å². The first-order valence-corrected chi connectivity index (χ1v) is 5.30. The summed E-state index contributed by atoms with van der Waals surface area (Å²) >= 11 is 0. The van der Waals surface area contributed by atoms with Crippen LogP contribution in [0.1, 0.15) is 51.4 Å². The second-order valence-electron chi connectivity index (χ2n) is 4.23. The lowest BCUT2D eigenvalue weighted by atomic mass is 9.77. The number of hydrogen-bond acceptors (Lipinski definition) is 0. The van der Waals surface area contributed by atoms with Crippen molar-refractivity contribution in [1.82, 2.24) is 0 Å². The van der Waals surface area contributed by atoms with Gasteiger partial charge in [0.15, 0.2) is 0 Å². The Bertz CT molecular complexity index is 103. The van der Waals surface area contributed by atoms with Crippen molar-refractivity contribution in [3.8, 4) is 0 Å². The van der Waals surface area contributed by atoms with Crippen molar-refractivity contribution < 1.29 is 0 Å². The van der Waals surface area contributed by atoms with E-state index in [9.17, 15) is 0 Å². The first-order chi connectivity index (χ1) is 5.47. The van der Waals surface area contributed by atoms with E-state index in [1.807, 2.05) is 0 Å². The van der Waals surface area contributed by atoms with Gasteiger partial charge < -0.3 is 0 Å². The lowest BCUT2D eigenvalue weighted by Crippen LogP contribution is -2.18. The molecule has 0 heteroatoms. The van der Waals surface area contributed by atoms with E-state index in [0.717, 1.165) is 11.8 Å². The highest BCUT2D eigenvalue weighted by molar-refractivity contribution is 4.88. The van der Waals surface area contributed by atoms with Gasteiger partial charge >= 0.3 is 0 Å². The van der Waals surface area contributed by atoms with Crippen LogP contribution in [0.25, 0.3) is 0 Å². The summed E-state index contributed by atoms with van der Waals surface area (Å²) in [6, 6.07) is 0. The molecule has 0 aromatic carbocycles. The summed E-state index contributed by atoms with van der Waals surface area (Å²) < 4.78 is 0. The minimum atomic E-state index is 1.02. The molecule has 0 amide bonds. The molecule has 0 saturated heterocycles. The zero-order valence-corrected chi connectivity index (χ0v) is 7.39. The van der Waals surface area contributed by atoms with Crippen LogP contribution < -0.4 is 0 Å². The predicted octanol–water partition coefficient (Wildman–Crippen LogP) is 3.57. The molecule has 0 aliphatic heterocycles. The summed E-state index contributed by atoms with van der Waals surface area (Å²) in [4.78, 5) is 0. The van der Waals surface area contributed by atoms with Gasteiger partial charge in [-0.15, -0.1) is 0 Å². The van der Waals surface area contributed by atoms with Crippen LogP contribution in [0.3, 0.4) is 0 Å². The Morgan fingerprint density at radius 3 is 2.64 bits per heavy atom. The van der Waals surface area contributed by atoms with Gasteiger partial charge in [-0.3, -0.25) is 0 Å². The summed E-state index contributed by atoms with van der Waals surface area (Å²) in [6.07, 6.45) is 14.6. The van der Waals surface area contributed by atoms with E-state index in [0.29, 0.717) is 0 Å². The van der Waals surface area contributed by atoms with Crippen molar-refractivity contribution in [2.24, 2.45) is 11.8 Å². The van der Waals surface area contributed by atoms with Gasteiger partial charge in [0.05, 0.1) is 12.8 Å². The van der Waals surface area contributed by atoms with Crippen LogP contribution in [0.15, 0.2) is 0 Å². The highest BCUT2D eigenvalue weighted by Gasteiger charge is 2.32. The molecule has 0 nitrogen and oxygen atoms in total. The molecule has 2 atom stereocenters. The fourth-order valence-corrected chi connectivity index (χ4v) is 2.79.